The van der Waals surface area contributed by atoms with E-state index in [4.69, 9.17) is 5.73 Å². The van der Waals surface area contributed by atoms with E-state index in [9.17, 15) is 0 Å². The van der Waals surface area contributed by atoms with Gasteiger partial charge in [-0.1, -0.05) is 6.42 Å². The van der Waals surface area contributed by atoms with Gasteiger partial charge in [0, 0.05) is 0 Å². The van der Waals surface area contributed by atoms with Crippen LogP contribution in [0.15, 0.2) is 16.9 Å². The quantitative estimate of drug-likeness (QED) is 0.749. The van der Waals surface area contributed by atoms with Crippen molar-refractivity contribution in [3.05, 3.63) is 22.4 Å². The van der Waals surface area contributed by atoms with Crippen molar-refractivity contribution in [1.82, 2.24) is 4.98 Å². The Labute approximate surface area is 80.3 Å². The highest BCUT2D eigenvalue weighted by Gasteiger charge is 2.21. The van der Waals surface area contributed by atoms with E-state index in [-0.39, 0.29) is 0 Å². The smallest absolute Gasteiger partial charge is 0.106 e. The van der Waals surface area contributed by atoms with Crippen LogP contribution in [0.5, 0.6) is 0 Å². The van der Waals surface area contributed by atoms with Crippen LogP contribution in [0, 0.1) is 0 Å². The van der Waals surface area contributed by atoms with Crippen molar-refractivity contribution in [1.29, 1.82) is 0 Å². The van der Waals surface area contributed by atoms with Crippen molar-refractivity contribution in [3.8, 4) is 0 Å². The highest BCUT2D eigenvalue weighted by molar-refractivity contribution is 9.10. The molecular weight excluding hydrogens is 216 g/mol. The van der Waals surface area contributed by atoms with Crippen LogP contribution < -0.4 is 5.73 Å². The van der Waals surface area contributed by atoms with Gasteiger partial charge in [-0.3, -0.25) is 0 Å². The summed E-state index contributed by atoms with van der Waals surface area (Å²) in [6.45, 7) is 0. The van der Waals surface area contributed by atoms with E-state index in [0.29, 0.717) is 5.92 Å². The number of nitrogen functional groups attached to an aromatic ring is 1. The number of hydrogen-bond acceptors (Lipinski definition) is 2. The SMILES string of the molecule is Nc1cnc(Br)cc1C1CCC1. The minimum atomic E-state index is 0.685. The lowest BCUT2D eigenvalue weighted by Gasteiger charge is -2.26. The molecule has 1 aliphatic carbocycles. The molecular formula is C9H11BrN2. The Morgan fingerprint density at radius 2 is 2.25 bits per heavy atom. The molecule has 2 rings (SSSR count). The highest BCUT2D eigenvalue weighted by atomic mass is 79.9. The Kier molecular flexibility index (Phi) is 2.05. The standard InChI is InChI=1S/C9H11BrN2/c10-9-4-7(6-2-1-3-6)8(11)5-12-9/h4-6H,1-3,11H2. The molecule has 0 atom stereocenters. The van der Waals surface area contributed by atoms with Crippen molar-refractivity contribution in [3.63, 3.8) is 0 Å². The lowest BCUT2D eigenvalue weighted by atomic mass is 9.80. The van der Waals surface area contributed by atoms with Gasteiger partial charge in [0.2, 0.25) is 0 Å². The van der Waals surface area contributed by atoms with Crippen LogP contribution in [0.25, 0.3) is 0 Å². The topological polar surface area (TPSA) is 38.9 Å². The molecule has 1 fully saturated rings. The van der Waals surface area contributed by atoms with Gasteiger partial charge in [0.1, 0.15) is 4.60 Å². The summed E-state index contributed by atoms with van der Waals surface area (Å²) in [5.74, 6) is 0.685. The summed E-state index contributed by atoms with van der Waals surface area (Å²) in [5.41, 5.74) is 7.92. The minimum Gasteiger partial charge on any atom is -0.397 e. The van der Waals surface area contributed by atoms with E-state index in [0.717, 1.165) is 10.3 Å². The summed E-state index contributed by atoms with van der Waals surface area (Å²) >= 11 is 3.35. The van der Waals surface area contributed by atoms with Crippen LogP contribution in [0.2, 0.25) is 0 Å². The van der Waals surface area contributed by atoms with Crippen LogP contribution in [0.1, 0.15) is 30.7 Å². The molecule has 0 spiro atoms. The second-order valence-electron chi connectivity index (χ2n) is 3.26. The maximum atomic E-state index is 5.82. The maximum absolute atomic E-state index is 5.82. The Balaban J connectivity index is 2.34. The first-order chi connectivity index (χ1) is 5.77. The second kappa shape index (κ2) is 3.05. The number of rotatable bonds is 1. The van der Waals surface area contributed by atoms with E-state index in [2.05, 4.69) is 20.9 Å². The molecule has 0 amide bonds. The summed E-state index contributed by atoms with van der Waals surface area (Å²) in [6, 6.07) is 2.04. The third-order valence-electron chi connectivity index (χ3n) is 2.48. The van der Waals surface area contributed by atoms with Gasteiger partial charge in [-0.25, -0.2) is 4.98 Å². The van der Waals surface area contributed by atoms with E-state index < -0.39 is 0 Å². The minimum absolute atomic E-state index is 0.685. The summed E-state index contributed by atoms with van der Waals surface area (Å²) in [7, 11) is 0. The predicted octanol–water partition coefficient (Wildman–Crippen LogP) is 2.69. The maximum Gasteiger partial charge on any atom is 0.106 e. The molecule has 0 aromatic carbocycles. The number of aromatic nitrogens is 1. The van der Waals surface area contributed by atoms with E-state index in [1.807, 2.05) is 6.07 Å². The van der Waals surface area contributed by atoms with Crippen LogP contribution in [0.4, 0.5) is 5.69 Å². The van der Waals surface area contributed by atoms with Crippen molar-refractivity contribution in [2.24, 2.45) is 0 Å². The molecule has 0 saturated heterocycles. The number of pyridine rings is 1. The molecule has 1 heterocycles. The van der Waals surface area contributed by atoms with Gasteiger partial charge in [-0.15, -0.1) is 0 Å². The normalized spacial score (nSPS) is 17.4. The Morgan fingerprint density at radius 3 is 2.83 bits per heavy atom. The molecule has 0 unspecified atom stereocenters. The zero-order chi connectivity index (χ0) is 8.55. The van der Waals surface area contributed by atoms with Gasteiger partial charge in [0.05, 0.1) is 11.9 Å². The van der Waals surface area contributed by atoms with E-state index >= 15 is 0 Å². The molecule has 64 valence electrons. The third-order valence-corrected chi connectivity index (χ3v) is 2.91. The first kappa shape index (κ1) is 8.05. The molecule has 1 aromatic heterocycles. The van der Waals surface area contributed by atoms with Gasteiger partial charge in [-0.05, 0) is 46.3 Å². The molecule has 2 nitrogen and oxygen atoms in total. The number of nitrogens with zero attached hydrogens (tertiary/aromatic N) is 1. The number of halogens is 1. The van der Waals surface area contributed by atoms with Gasteiger partial charge >= 0.3 is 0 Å². The fraction of sp³-hybridized carbons (Fsp3) is 0.444. The first-order valence-electron chi connectivity index (χ1n) is 4.18. The molecule has 1 aromatic rings. The number of anilines is 1. The molecule has 2 N–H and O–H groups in total. The van der Waals surface area contributed by atoms with Crippen molar-refractivity contribution >= 4 is 21.6 Å². The average Bonchev–Trinajstić information content (AvgIpc) is 1.93. The molecule has 12 heavy (non-hydrogen) atoms. The zero-order valence-corrected chi connectivity index (χ0v) is 8.34. The zero-order valence-electron chi connectivity index (χ0n) is 6.76. The Hall–Kier alpha value is -0.570. The first-order valence-corrected chi connectivity index (χ1v) is 4.97. The Bertz CT molecular complexity index is 295. The summed E-state index contributed by atoms with van der Waals surface area (Å²) in [6.07, 6.45) is 5.63. The van der Waals surface area contributed by atoms with Crippen molar-refractivity contribution < 1.29 is 0 Å². The number of nitrogens with two attached hydrogens (primary N) is 1. The molecule has 0 bridgehead atoms. The van der Waals surface area contributed by atoms with Crippen LogP contribution in [-0.2, 0) is 0 Å². The Morgan fingerprint density at radius 1 is 1.50 bits per heavy atom. The molecule has 0 aliphatic heterocycles. The van der Waals surface area contributed by atoms with Gasteiger partial charge in [0.15, 0.2) is 0 Å². The van der Waals surface area contributed by atoms with Crippen LogP contribution in [0.3, 0.4) is 0 Å². The van der Waals surface area contributed by atoms with Crippen molar-refractivity contribution in [2.75, 3.05) is 5.73 Å². The average molecular weight is 227 g/mol. The molecule has 1 aliphatic rings. The molecule has 1 saturated carbocycles. The lowest BCUT2D eigenvalue weighted by Crippen LogP contribution is -2.11. The van der Waals surface area contributed by atoms with Crippen LogP contribution in [-0.4, -0.2) is 4.98 Å². The lowest BCUT2D eigenvalue weighted by molar-refractivity contribution is 0.420. The number of hydrogen-bond donors (Lipinski definition) is 1. The summed E-state index contributed by atoms with van der Waals surface area (Å²) < 4.78 is 0.888. The van der Waals surface area contributed by atoms with Crippen molar-refractivity contribution in [2.45, 2.75) is 25.2 Å². The van der Waals surface area contributed by atoms with E-state index in [1.54, 1.807) is 6.20 Å². The molecule has 0 radical (unpaired) electrons. The predicted molar refractivity (Wildman–Crippen MR) is 52.9 cm³/mol. The highest BCUT2D eigenvalue weighted by Crippen LogP contribution is 2.39. The van der Waals surface area contributed by atoms with Gasteiger partial charge < -0.3 is 5.73 Å². The summed E-state index contributed by atoms with van der Waals surface area (Å²) in [5, 5.41) is 0. The third kappa shape index (κ3) is 1.33. The second-order valence-corrected chi connectivity index (χ2v) is 4.08. The summed E-state index contributed by atoms with van der Waals surface area (Å²) in [4.78, 5) is 4.07. The monoisotopic (exact) mass is 226 g/mol. The van der Waals surface area contributed by atoms with E-state index in [1.165, 1.54) is 24.8 Å². The fourth-order valence-corrected chi connectivity index (χ4v) is 1.88. The largest absolute Gasteiger partial charge is 0.397 e. The van der Waals surface area contributed by atoms with Gasteiger partial charge in [-0.2, -0.15) is 0 Å². The van der Waals surface area contributed by atoms with Crippen LogP contribution >= 0.6 is 15.9 Å². The fourth-order valence-electron chi connectivity index (χ4n) is 1.53. The van der Waals surface area contributed by atoms with Gasteiger partial charge in [0.25, 0.3) is 0 Å². The molecule has 3 heteroatoms.